The zero-order valence-electron chi connectivity index (χ0n) is 13.5. The summed E-state index contributed by atoms with van der Waals surface area (Å²) in [7, 11) is 0. The number of amides is 1. The van der Waals surface area contributed by atoms with Gasteiger partial charge in [0, 0.05) is 12.2 Å². The average molecular weight is 365 g/mol. The summed E-state index contributed by atoms with van der Waals surface area (Å²) in [5.41, 5.74) is -1.87. The molecule has 4 nitrogen and oxygen atoms in total. The number of carbonyl (C=O) groups excluding carboxylic acids is 1. The molecule has 0 aromatic carbocycles. The molecule has 0 radical (unpaired) electrons. The van der Waals surface area contributed by atoms with Gasteiger partial charge in [0.25, 0.3) is 5.56 Å². The van der Waals surface area contributed by atoms with E-state index < -0.39 is 34.8 Å². The van der Waals surface area contributed by atoms with Crippen LogP contribution >= 0.6 is 11.6 Å². The van der Waals surface area contributed by atoms with Crippen molar-refractivity contribution in [2.75, 3.05) is 0 Å². The Kier molecular flexibility index (Phi) is 5.63. The summed E-state index contributed by atoms with van der Waals surface area (Å²) in [6.07, 6.45) is -1.10. The van der Waals surface area contributed by atoms with E-state index in [9.17, 15) is 22.8 Å². The van der Waals surface area contributed by atoms with E-state index in [0.717, 1.165) is 19.3 Å². The lowest BCUT2D eigenvalue weighted by atomic mass is 9.78. The predicted molar refractivity (Wildman–Crippen MR) is 84.8 cm³/mol. The standard InChI is InChI=1S/C16H20ClF3N2O2/c1-9-4-3-5-13(10(9)2)21-14(23)8-22-7-11(16(18,19)20)6-12(17)15(22)24/h6-7,9-10,13H,3-5,8H2,1-2H3,(H,21,23)/t9-,10+,13+/m0/s1. The van der Waals surface area contributed by atoms with Gasteiger partial charge >= 0.3 is 6.18 Å². The van der Waals surface area contributed by atoms with Crippen LogP contribution in [-0.4, -0.2) is 16.5 Å². The highest BCUT2D eigenvalue weighted by atomic mass is 35.5. The highest BCUT2D eigenvalue weighted by Crippen LogP contribution is 2.30. The number of nitrogens with zero attached hydrogens (tertiary/aromatic N) is 1. The summed E-state index contributed by atoms with van der Waals surface area (Å²) in [6, 6.07) is 0.543. The molecule has 1 fully saturated rings. The van der Waals surface area contributed by atoms with Crippen molar-refractivity contribution in [2.45, 2.75) is 51.9 Å². The molecule has 134 valence electrons. The Bertz CT molecular complexity index is 672. The number of pyridine rings is 1. The van der Waals surface area contributed by atoms with Crippen molar-refractivity contribution in [3.05, 3.63) is 33.2 Å². The monoisotopic (exact) mass is 364 g/mol. The van der Waals surface area contributed by atoms with E-state index in [1.54, 1.807) is 0 Å². The Morgan fingerprint density at radius 3 is 2.67 bits per heavy atom. The van der Waals surface area contributed by atoms with Crippen LogP contribution in [0, 0.1) is 11.8 Å². The number of hydrogen-bond acceptors (Lipinski definition) is 2. The zero-order valence-corrected chi connectivity index (χ0v) is 14.2. The topological polar surface area (TPSA) is 51.1 Å². The summed E-state index contributed by atoms with van der Waals surface area (Å²) < 4.78 is 39.1. The van der Waals surface area contributed by atoms with Crippen molar-refractivity contribution < 1.29 is 18.0 Å². The molecule has 8 heteroatoms. The molecule has 0 aliphatic heterocycles. The van der Waals surface area contributed by atoms with E-state index in [4.69, 9.17) is 11.6 Å². The molecular formula is C16H20ClF3N2O2. The van der Waals surface area contributed by atoms with Gasteiger partial charge < -0.3 is 9.88 Å². The van der Waals surface area contributed by atoms with Crippen LogP contribution in [0.1, 0.15) is 38.7 Å². The molecule has 1 aliphatic carbocycles. The van der Waals surface area contributed by atoms with Gasteiger partial charge in [-0.05, 0) is 24.3 Å². The Morgan fingerprint density at radius 1 is 1.38 bits per heavy atom. The van der Waals surface area contributed by atoms with Gasteiger partial charge in [0.15, 0.2) is 0 Å². The lowest BCUT2D eigenvalue weighted by Gasteiger charge is -2.34. The molecule has 2 rings (SSSR count). The summed E-state index contributed by atoms with van der Waals surface area (Å²) in [5, 5.41) is 2.27. The lowest BCUT2D eigenvalue weighted by molar-refractivity contribution is -0.138. The number of halogens is 4. The number of nitrogens with one attached hydrogen (secondary N) is 1. The van der Waals surface area contributed by atoms with Crippen molar-refractivity contribution in [1.29, 1.82) is 0 Å². The minimum absolute atomic E-state index is 0.0294. The number of carbonyl (C=O) groups is 1. The molecule has 1 amide bonds. The van der Waals surface area contributed by atoms with Crippen molar-refractivity contribution in [3.8, 4) is 0 Å². The molecular weight excluding hydrogens is 345 g/mol. The van der Waals surface area contributed by atoms with Gasteiger partial charge in [-0.15, -0.1) is 0 Å². The highest BCUT2D eigenvalue weighted by molar-refractivity contribution is 6.30. The third-order valence-corrected chi connectivity index (χ3v) is 5.01. The lowest BCUT2D eigenvalue weighted by Crippen LogP contribution is -2.45. The first kappa shape index (κ1) is 18.8. The second-order valence-electron chi connectivity index (χ2n) is 6.45. The highest BCUT2D eigenvalue weighted by Gasteiger charge is 2.32. The molecule has 1 aromatic rings. The second-order valence-corrected chi connectivity index (χ2v) is 6.86. The second kappa shape index (κ2) is 7.17. The molecule has 0 unspecified atom stereocenters. The van der Waals surface area contributed by atoms with Gasteiger partial charge in [0.1, 0.15) is 11.6 Å². The van der Waals surface area contributed by atoms with Crippen LogP contribution in [0.2, 0.25) is 5.02 Å². The smallest absolute Gasteiger partial charge is 0.352 e. The van der Waals surface area contributed by atoms with Gasteiger partial charge in [-0.1, -0.05) is 38.3 Å². The molecule has 1 N–H and O–H groups in total. The molecule has 1 saturated carbocycles. The largest absolute Gasteiger partial charge is 0.417 e. The van der Waals surface area contributed by atoms with E-state index in [0.29, 0.717) is 22.7 Å². The Balaban J connectivity index is 2.14. The fourth-order valence-electron chi connectivity index (χ4n) is 3.06. The normalized spacial score (nSPS) is 24.7. The van der Waals surface area contributed by atoms with E-state index in [1.807, 2.05) is 6.92 Å². The van der Waals surface area contributed by atoms with Crippen LogP contribution in [0.5, 0.6) is 0 Å². The Morgan fingerprint density at radius 2 is 2.04 bits per heavy atom. The van der Waals surface area contributed by atoms with E-state index in [-0.39, 0.29) is 12.0 Å². The predicted octanol–water partition coefficient (Wildman–Crippen LogP) is 3.46. The van der Waals surface area contributed by atoms with Crippen molar-refractivity contribution in [3.63, 3.8) is 0 Å². The number of hydrogen-bond donors (Lipinski definition) is 1. The number of alkyl halides is 3. The average Bonchev–Trinajstić information content (AvgIpc) is 2.47. The fourth-order valence-corrected chi connectivity index (χ4v) is 3.29. The maximum atomic E-state index is 12.8. The molecule has 0 bridgehead atoms. The van der Waals surface area contributed by atoms with Crippen molar-refractivity contribution in [2.24, 2.45) is 11.8 Å². The summed E-state index contributed by atoms with van der Waals surface area (Å²) in [6.45, 7) is 3.67. The Hall–Kier alpha value is -1.50. The maximum absolute atomic E-state index is 12.8. The van der Waals surface area contributed by atoms with Gasteiger partial charge in [0.05, 0.1) is 5.56 Å². The third-order valence-electron chi connectivity index (χ3n) is 4.74. The van der Waals surface area contributed by atoms with E-state index >= 15 is 0 Å². The molecule has 3 atom stereocenters. The van der Waals surface area contributed by atoms with Crippen LogP contribution in [0.4, 0.5) is 13.2 Å². The van der Waals surface area contributed by atoms with Gasteiger partial charge in [-0.25, -0.2) is 0 Å². The zero-order chi connectivity index (χ0) is 18.1. The summed E-state index contributed by atoms with van der Waals surface area (Å²) in [4.78, 5) is 24.0. The van der Waals surface area contributed by atoms with E-state index in [2.05, 4.69) is 12.2 Å². The molecule has 0 saturated heterocycles. The van der Waals surface area contributed by atoms with Crippen LogP contribution < -0.4 is 10.9 Å². The van der Waals surface area contributed by atoms with Gasteiger partial charge in [-0.3, -0.25) is 9.59 Å². The minimum Gasteiger partial charge on any atom is -0.352 e. The number of aromatic nitrogens is 1. The quantitative estimate of drug-likeness (QED) is 0.893. The van der Waals surface area contributed by atoms with Crippen molar-refractivity contribution >= 4 is 17.5 Å². The van der Waals surface area contributed by atoms with Gasteiger partial charge in [0.2, 0.25) is 5.91 Å². The molecule has 1 aliphatic rings. The van der Waals surface area contributed by atoms with Crippen LogP contribution in [0.15, 0.2) is 17.1 Å². The van der Waals surface area contributed by atoms with Crippen LogP contribution in [-0.2, 0) is 17.5 Å². The first-order chi connectivity index (χ1) is 11.1. The number of rotatable bonds is 3. The first-order valence-electron chi connectivity index (χ1n) is 7.86. The molecule has 0 spiro atoms. The Labute approximate surface area is 143 Å². The van der Waals surface area contributed by atoms with Gasteiger partial charge in [-0.2, -0.15) is 13.2 Å². The SMILES string of the molecule is C[C@@H]1[C@@H](C)CCC[C@H]1NC(=O)Cn1cc(C(F)(F)F)cc(Cl)c1=O. The fraction of sp³-hybridized carbons (Fsp3) is 0.625. The maximum Gasteiger partial charge on any atom is 0.417 e. The van der Waals surface area contributed by atoms with Crippen LogP contribution in [0.3, 0.4) is 0 Å². The summed E-state index contributed by atoms with van der Waals surface area (Å²) >= 11 is 5.58. The van der Waals surface area contributed by atoms with Crippen LogP contribution in [0.25, 0.3) is 0 Å². The molecule has 1 aromatic heterocycles. The molecule has 1 heterocycles. The minimum atomic E-state index is -4.64. The summed E-state index contributed by atoms with van der Waals surface area (Å²) in [5.74, 6) is 0.262. The van der Waals surface area contributed by atoms with E-state index in [1.165, 1.54) is 0 Å². The van der Waals surface area contributed by atoms with Crippen molar-refractivity contribution in [1.82, 2.24) is 9.88 Å². The first-order valence-corrected chi connectivity index (χ1v) is 8.24. The molecule has 24 heavy (non-hydrogen) atoms. The third kappa shape index (κ3) is 4.32.